The van der Waals surface area contributed by atoms with E-state index in [1.807, 2.05) is 13.8 Å². The number of ether oxygens (including phenoxy) is 2. The third-order valence-corrected chi connectivity index (χ3v) is 6.39. The Labute approximate surface area is 239 Å². The smallest absolute Gasteiger partial charge is 0.255 e. The first-order valence-electron chi connectivity index (χ1n) is 13.5. The molecule has 0 radical (unpaired) electrons. The average Bonchev–Trinajstić information content (AvgIpc) is 2.93. The fourth-order valence-corrected chi connectivity index (χ4v) is 4.24. The molecule has 0 bridgehead atoms. The van der Waals surface area contributed by atoms with Gasteiger partial charge in [-0.25, -0.2) is 0 Å². The van der Waals surface area contributed by atoms with Crippen molar-refractivity contribution >= 4 is 35.2 Å². The van der Waals surface area contributed by atoms with Crippen LogP contribution in [0.4, 0.5) is 0 Å². The molecule has 2 aromatic rings. The largest absolute Gasteiger partial charge is 0.493 e. The third kappa shape index (κ3) is 10.1. The van der Waals surface area contributed by atoms with Crippen LogP contribution in [-0.4, -0.2) is 62.0 Å². The SMILES string of the molecule is CC(C)C[C@@H]1NC(=O)CC[C@@H](C(=O)NCCOc2ccc(Cl)cc2)NC(=O)c2ccccc2OCCCNC1=O. The van der Waals surface area contributed by atoms with E-state index in [1.165, 1.54) is 0 Å². The Hall–Kier alpha value is -3.79. The summed E-state index contributed by atoms with van der Waals surface area (Å²) in [5, 5.41) is 11.7. The van der Waals surface area contributed by atoms with Crippen molar-refractivity contribution in [3.63, 3.8) is 0 Å². The summed E-state index contributed by atoms with van der Waals surface area (Å²) < 4.78 is 11.4. The highest BCUT2D eigenvalue weighted by Gasteiger charge is 2.26. The minimum atomic E-state index is -1.01. The quantitative estimate of drug-likeness (QED) is 0.377. The summed E-state index contributed by atoms with van der Waals surface area (Å²) in [5.74, 6) is -0.459. The molecule has 0 unspecified atom stereocenters. The topological polar surface area (TPSA) is 135 Å². The lowest BCUT2D eigenvalue weighted by molar-refractivity contribution is -0.129. The number of para-hydroxylation sites is 1. The number of benzene rings is 2. The Morgan fingerprint density at radius 3 is 2.60 bits per heavy atom. The molecule has 4 amide bonds. The van der Waals surface area contributed by atoms with Gasteiger partial charge in [0, 0.05) is 18.0 Å². The van der Waals surface area contributed by atoms with Gasteiger partial charge in [-0.2, -0.15) is 0 Å². The molecule has 216 valence electrons. The second-order valence-electron chi connectivity index (χ2n) is 9.90. The minimum absolute atomic E-state index is 0.0283. The molecule has 2 atom stereocenters. The van der Waals surface area contributed by atoms with Crippen LogP contribution in [0.3, 0.4) is 0 Å². The molecule has 40 heavy (non-hydrogen) atoms. The van der Waals surface area contributed by atoms with Gasteiger partial charge in [0.15, 0.2) is 0 Å². The fourth-order valence-electron chi connectivity index (χ4n) is 4.12. The second-order valence-corrected chi connectivity index (χ2v) is 10.3. The summed E-state index contributed by atoms with van der Waals surface area (Å²) in [4.78, 5) is 51.9. The summed E-state index contributed by atoms with van der Waals surface area (Å²) in [6.07, 6.45) is 0.934. The number of hydrogen-bond acceptors (Lipinski definition) is 6. The number of amides is 4. The van der Waals surface area contributed by atoms with E-state index in [4.69, 9.17) is 21.1 Å². The molecule has 0 aliphatic carbocycles. The van der Waals surface area contributed by atoms with Crippen molar-refractivity contribution in [3.05, 3.63) is 59.1 Å². The predicted molar refractivity (Wildman–Crippen MR) is 151 cm³/mol. The highest BCUT2D eigenvalue weighted by Crippen LogP contribution is 2.19. The Morgan fingerprint density at radius 1 is 1.10 bits per heavy atom. The molecule has 1 aliphatic heterocycles. The standard InChI is InChI=1S/C29H37ClN4O6/c1-19(2)18-24-29(38)31-14-5-16-40-25-7-4-3-6-22(25)27(36)34-23(12-13-26(35)33-24)28(37)32-15-17-39-21-10-8-20(30)9-11-21/h3-4,6-11,19,23-24H,5,12-18H2,1-2H3,(H,31,38)(H,32,37)(H,33,35)(H,34,36)/t23-,24-/m0/s1. The number of carbonyl (C=O) groups is 4. The normalized spacial score (nSPS) is 18.9. The summed E-state index contributed by atoms with van der Waals surface area (Å²) in [6.45, 7) is 4.94. The zero-order valence-electron chi connectivity index (χ0n) is 22.8. The molecule has 0 saturated heterocycles. The summed E-state index contributed by atoms with van der Waals surface area (Å²) in [6, 6.07) is 11.9. The van der Waals surface area contributed by atoms with E-state index in [2.05, 4.69) is 21.3 Å². The van der Waals surface area contributed by atoms with Gasteiger partial charge >= 0.3 is 0 Å². The molecule has 10 nitrogen and oxygen atoms in total. The van der Waals surface area contributed by atoms with E-state index < -0.39 is 23.9 Å². The number of rotatable bonds is 7. The fraction of sp³-hybridized carbons (Fsp3) is 0.448. The maximum Gasteiger partial charge on any atom is 0.255 e. The Bertz CT molecular complexity index is 1160. The number of nitrogens with one attached hydrogen (secondary N) is 4. The van der Waals surface area contributed by atoms with Crippen LogP contribution in [0.5, 0.6) is 11.5 Å². The van der Waals surface area contributed by atoms with Crippen LogP contribution in [0.15, 0.2) is 48.5 Å². The number of fused-ring (bicyclic) bond motifs is 1. The zero-order valence-corrected chi connectivity index (χ0v) is 23.6. The zero-order chi connectivity index (χ0) is 28.9. The molecule has 0 aromatic heterocycles. The highest BCUT2D eigenvalue weighted by atomic mass is 35.5. The van der Waals surface area contributed by atoms with Crippen molar-refractivity contribution in [2.75, 3.05) is 26.3 Å². The number of halogens is 1. The van der Waals surface area contributed by atoms with Crippen molar-refractivity contribution in [2.45, 2.75) is 51.6 Å². The van der Waals surface area contributed by atoms with Crippen molar-refractivity contribution in [1.29, 1.82) is 0 Å². The van der Waals surface area contributed by atoms with E-state index in [-0.39, 0.29) is 55.9 Å². The number of hydrogen-bond donors (Lipinski definition) is 4. The first kappa shape index (κ1) is 30.7. The molecule has 0 fully saturated rings. The van der Waals surface area contributed by atoms with Crippen LogP contribution in [0, 0.1) is 5.92 Å². The van der Waals surface area contributed by atoms with Crippen LogP contribution in [0.25, 0.3) is 0 Å². The van der Waals surface area contributed by atoms with E-state index in [0.29, 0.717) is 35.9 Å². The molecular weight excluding hydrogens is 536 g/mol. The summed E-state index contributed by atoms with van der Waals surface area (Å²) >= 11 is 5.89. The molecule has 1 heterocycles. The van der Waals surface area contributed by atoms with Gasteiger partial charge < -0.3 is 30.7 Å². The van der Waals surface area contributed by atoms with Gasteiger partial charge in [-0.1, -0.05) is 37.6 Å². The molecule has 0 saturated carbocycles. The first-order valence-corrected chi connectivity index (χ1v) is 13.9. The summed E-state index contributed by atoms with van der Waals surface area (Å²) in [5.41, 5.74) is 0.268. The van der Waals surface area contributed by atoms with E-state index >= 15 is 0 Å². The van der Waals surface area contributed by atoms with Gasteiger partial charge in [-0.3, -0.25) is 19.2 Å². The van der Waals surface area contributed by atoms with Gasteiger partial charge in [-0.05, 0) is 61.6 Å². The third-order valence-electron chi connectivity index (χ3n) is 6.13. The molecule has 3 rings (SSSR count). The van der Waals surface area contributed by atoms with Crippen molar-refractivity contribution in [2.24, 2.45) is 5.92 Å². The van der Waals surface area contributed by atoms with E-state index in [9.17, 15) is 19.2 Å². The van der Waals surface area contributed by atoms with E-state index in [1.54, 1.807) is 48.5 Å². The highest BCUT2D eigenvalue weighted by molar-refractivity contribution is 6.30. The maximum atomic E-state index is 13.2. The van der Waals surface area contributed by atoms with Gasteiger partial charge in [0.25, 0.3) is 5.91 Å². The molecular formula is C29H37ClN4O6. The van der Waals surface area contributed by atoms with Crippen molar-refractivity contribution < 1.29 is 28.7 Å². The lowest BCUT2D eigenvalue weighted by Gasteiger charge is -2.22. The lowest BCUT2D eigenvalue weighted by atomic mass is 10.0. The monoisotopic (exact) mass is 572 g/mol. The van der Waals surface area contributed by atoms with Crippen LogP contribution in [0.1, 0.15) is 49.9 Å². The van der Waals surface area contributed by atoms with Crippen LogP contribution >= 0.6 is 11.6 Å². The molecule has 2 aromatic carbocycles. The minimum Gasteiger partial charge on any atom is -0.493 e. The Morgan fingerprint density at radius 2 is 1.85 bits per heavy atom. The van der Waals surface area contributed by atoms with Gasteiger partial charge in [-0.15, -0.1) is 0 Å². The molecule has 4 N–H and O–H groups in total. The van der Waals surface area contributed by atoms with E-state index in [0.717, 1.165) is 0 Å². The van der Waals surface area contributed by atoms with Crippen molar-refractivity contribution in [1.82, 2.24) is 21.3 Å². The van der Waals surface area contributed by atoms with Gasteiger partial charge in [0.1, 0.15) is 30.2 Å². The maximum absolute atomic E-state index is 13.2. The Balaban J connectivity index is 1.71. The second kappa shape index (κ2) is 15.7. The predicted octanol–water partition coefficient (Wildman–Crippen LogP) is 2.84. The van der Waals surface area contributed by atoms with Crippen LogP contribution in [0.2, 0.25) is 5.02 Å². The average molecular weight is 573 g/mol. The molecule has 11 heteroatoms. The first-order chi connectivity index (χ1) is 19.2. The molecule has 0 spiro atoms. The van der Waals surface area contributed by atoms with Gasteiger partial charge in [0.2, 0.25) is 17.7 Å². The van der Waals surface area contributed by atoms with Crippen LogP contribution in [-0.2, 0) is 14.4 Å². The van der Waals surface area contributed by atoms with Crippen molar-refractivity contribution in [3.8, 4) is 11.5 Å². The molecule has 1 aliphatic rings. The summed E-state index contributed by atoms with van der Waals surface area (Å²) in [7, 11) is 0. The van der Waals surface area contributed by atoms with Crippen LogP contribution < -0.4 is 30.7 Å². The Kier molecular flexibility index (Phi) is 12.1. The van der Waals surface area contributed by atoms with Gasteiger partial charge in [0.05, 0.1) is 18.7 Å². The lowest BCUT2D eigenvalue weighted by Crippen LogP contribution is -2.50. The number of carbonyl (C=O) groups excluding carboxylic acids is 4.